The van der Waals surface area contributed by atoms with Crippen LogP contribution in [0, 0.1) is 17.0 Å². The second-order valence-electron chi connectivity index (χ2n) is 5.47. The molecule has 0 aliphatic heterocycles. The van der Waals surface area contributed by atoms with E-state index in [0.29, 0.717) is 22.2 Å². The van der Waals surface area contributed by atoms with Gasteiger partial charge in [-0.1, -0.05) is 23.4 Å². The molecular weight excluding hydrogens is 392 g/mol. The molecule has 1 heterocycles. The summed E-state index contributed by atoms with van der Waals surface area (Å²) >= 11 is 6.94. The van der Waals surface area contributed by atoms with Crippen molar-refractivity contribution in [2.75, 3.05) is 11.1 Å². The van der Waals surface area contributed by atoms with Gasteiger partial charge < -0.3 is 9.73 Å². The number of halogens is 1. The smallest absolute Gasteiger partial charge is 0.277 e. The topological polar surface area (TPSA) is 111 Å². The van der Waals surface area contributed by atoms with Crippen molar-refractivity contribution in [2.45, 2.75) is 12.1 Å². The Kier molecular flexibility index (Phi) is 5.72. The minimum atomic E-state index is -0.484. The Bertz CT molecular complexity index is 991. The highest BCUT2D eigenvalue weighted by atomic mass is 35.5. The summed E-state index contributed by atoms with van der Waals surface area (Å²) in [5, 5.41) is 22.2. The number of rotatable bonds is 6. The summed E-state index contributed by atoms with van der Waals surface area (Å²) in [6.45, 7) is 1.69. The third-order valence-corrected chi connectivity index (χ3v) is 4.59. The van der Waals surface area contributed by atoms with Crippen molar-refractivity contribution < 1.29 is 14.1 Å². The van der Waals surface area contributed by atoms with Gasteiger partial charge in [0.05, 0.1) is 10.7 Å². The SMILES string of the molecule is Cc1cc([N+](=O)[O-])ccc1NC(=O)CSc1nnc(-c2ccc(Cl)cc2)o1. The fraction of sp³-hybridized carbons (Fsp3) is 0.118. The van der Waals surface area contributed by atoms with E-state index in [0.717, 1.165) is 17.3 Å². The molecule has 27 heavy (non-hydrogen) atoms. The number of anilines is 1. The van der Waals surface area contributed by atoms with Gasteiger partial charge in [-0.25, -0.2) is 0 Å². The second kappa shape index (κ2) is 8.19. The molecule has 0 saturated carbocycles. The number of aryl methyl sites for hydroxylation is 1. The Balaban J connectivity index is 1.58. The van der Waals surface area contributed by atoms with Crippen LogP contribution in [-0.2, 0) is 4.79 Å². The Hall–Kier alpha value is -2.91. The molecule has 3 aromatic rings. The van der Waals surface area contributed by atoms with Crippen LogP contribution in [0.25, 0.3) is 11.5 Å². The molecule has 0 aliphatic rings. The summed E-state index contributed by atoms with van der Waals surface area (Å²) in [5.41, 5.74) is 1.81. The van der Waals surface area contributed by atoms with Crippen molar-refractivity contribution in [1.29, 1.82) is 0 Å². The number of hydrogen-bond donors (Lipinski definition) is 1. The molecule has 0 bridgehead atoms. The Labute approximate surface area is 163 Å². The summed E-state index contributed by atoms with van der Waals surface area (Å²) in [6, 6.07) is 11.2. The van der Waals surface area contributed by atoms with Crippen molar-refractivity contribution >= 4 is 40.6 Å². The van der Waals surface area contributed by atoms with Crippen LogP contribution in [0.15, 0.2) is 52.1 Å². The molecule has 0 radical (unpaired) electrons. The van der Waals surface area contributed by atoms with E-state index >= 15 is 0 Å². The molecule has 0 atom stereocenters. The van der Waals surface area contributed by atoms with E-state index in [1.165, 1.54) is 18.2 Å². The minimum Gasteiger partial charge on any atom is -0.411 e. The van der Waals surface area contributed by atoms with Crippen molar-refractivity contribution in [3.05, 3.63) is 63.2 Å². The van der Waals surface area contributed by atoms with Gasteiger partial charge in [0.1, 0.15) is 0 Å². The molecular formula is C17H13ClN4O4S. The monoisotopic (exact) mass is 404 g/mol. The molecule has 0 fully saturated rings. The fourth-order valence-corrected chi connectivity index (χ4v) is 2.88. The van der Waals surface area contributed by atoms with Crippen molar-refractivity contribution in [3.8, 4) is 11.5 Å². The number of amides is 1. The van der Waals surface area contributed by atoms with Gasteiger partial charge in [-0.05, 0) is 42.8 Å². The molecule has 0 unspecified atom stereocenters. The number of carbonyl (C=O) groups is 1. The predicted octanol–water partition coefficient (Wildman–Crippen LogP) is 4.34. The maximum atomic E-state index is 12.1. The van der Waals surface area contributed by atoms with Crippen LogP contribution >= 0.6 is 23.4 Å². The quantitative estimate of drug-likeness (QED) is 0.369. The van der Waals surface area contributed by atoms with E-state index in [9.17, 15) is 14.9 Å². The van der Waals surface area contributed by atoms with Crippen LogP contribution in [0.5, 0.6) is 0 Å². The van der Waals surface area contributed by atoms with Crippen molar-refractivity contribution in [1.82, 2.24) is 10.2 Å². The van der Waals surface area contributed by atoms with Crippen molar-refractivity contribution in [3.63, 3.8) is 0 Å². The first-order valence-corrected chi connectivity index (χ1v) is 9.06. The lowest BCUT2D eigenvalue weighted by Crippen LogP contribution is -2.14. The number of nitro groups is 1. The van der Waals surface area contributed by atoms with Gasteiger partial charge in [-0.3, -0.25) is 14.9 Å². The van der Waals surface area contributed by atoms with Crippen molar-refractivity contribution in [2.24, 2.45) is 0 Å². The maximum absolute atomic E-state index is 12.1. The maximum Gasteiger partial charge on any atom is 0.277 e. The molecule has 1 N–H and O–H groups in total. The summed E-state index contributed by atoms with van der Waals surface area (Å²) in [6.07, 6.45) is 0. The normalized spacial score (nSPS) is 10.6. The van der Waals surface area contributed by atoms with E-state index in [1.54, 1.807) is 31.2 Å². The van der Waals surface area contributed by atoms with Gasteiger partial charge in [-0.15, -0.1) is 10.2 Å². The van der Waals surface area contributed by atoms with Crippen LogP contribution in [-0.4, -0.2) is 26.8 Å². The lowest BCUT2D eigenvalue weighted by atomic mass is 10.2. The van der Waals surface area contributed by atoms with Gasteiger partial charge in [0, 0.05) is 28.4 Å². The van der Waals surface area contributed by atoms with E-state index in [2.05, 4.69) is 15.5 Å². The number of nitrogens with one attached hydrogen (secondary N) is 1. The number of carbonyl (C=O) groups excluding carboxylic acids is 1. The number of nitro benzene ring substituents is 1. The molecule has 8 nitrogen and oxygen atoms in total. The highest BCUT2D eigenvalue weighted by molar-refractivity contribution is 7.99. The zero-order valence-electron chi connectivity index (χ0n) is 14.0. The third kappa shape index (κ3) is 4.83. The number of aromatic nitrogens is 2. The third-order valence-electron chi connectivity index (χ3n) is 3.52. The van der Waals surface area contributed by atoms with Crippen LogP contribution in [0.3, 0.4) is 0 Å². The lowest BCUT2D eigenvalue weighted by molar-refractivity contribution is -0.384. The van der Waals surface area contributed by atoms with Crippen LogP contribution in [0.2, 0.25) is 5.02 Å². The highest BCUT2D eigenvalue weighted by Gasteiger charge is 2.13. The van der Waals surface area contributed by atoms with Crippen LogP contribution < -0.4 is 5.32 Å². The van der Waals surface area contributed by atoms with Gasteiger partial charge in [-0.2, -0.15) is 0 Å². The zero-order valence-corrected chi connectivity index (χ0v) is 15.6. The molecule has 2 aromatic carbocycles. The molecule has 3 rings (SSSR count). The zero-order chi connectivity index (χ0) is 19.4. The first-order chi connectivity index (χ1) is 12.9. The minimum absolute atomic E-state index is 0.0273. The van der Waals surface area contributed by atoms with E-state index in [4.69, 9.17) is 16.0 Å². The molecule has 1 aromatic heterocycles. The molecule has 0 saturated heterocycles. The molecule has 0 aliphatic carbocycles. The predicted molar refractivity (Wildman–Crippen MR) is 102 cm³/mol. The summed E-state index contributed by atoms with van der Waals surface area (Å²) in [4.78, 5) is 22.4. The number of thioether (sulfide) groups is 1. The number of benzene rings is 2. The molecule has 10 heteroatoms. The summed E-state index contributed by atoms with van der Waals surface area (Å²) in [7, 11) is 0. The average Bonchev–Trinajstić information content (AvgIpc) is 3.11. The first kappa shape index (κ1) is 18.9. The molecule has 1 amide bonds. The van der Waals surface area contributed by atoms with Crippen LogP contribution in [0.1, 0.15) is 5.56 Å². The second-order valence-corrected chi connectivity index (χ2v) is 6.84. The Morgan fingerprint density at radius 3 is 2.67 bits per heavy atom. The summed E-state index contributed by atoms with van der Waals surface area (Å²) < 4.78 is 5.52. The first-order valence-electron chi connectivity index (χ1n) is 7.69. The highest BCUT2D eigenvalue weighted by Crippen LogP contribution is 2.25. The number of hydrogen-bond acceptors (Lipinski definition) is 7. The fourth-order valence-electron chi connectivity index (χ4n) is 2.19. The largest absolute Gasteiger partial charge is 0.411 e. The van der Waals surface area contributed by atoms with Gasteiger partial charge >= 0.3 is 0 Å². The van der Waals surface area contributed by atoms with E-state index in [-0.39, 0.29) is 22.6 Å². The molecule has 138 valence electrons. The van der Waals surface area contributed by atoms with Gasteiger partial charge in [0.15, 0.2) is 0 Å². The standard InChI is InChI=1S/C17H13ClN4O4S/c1-10-8-13(22(24)25)6-7-14(10)19-15(23)9-27-17-21-20-16(26-17)11-2-4-12(18)5-3-11/h2-8H,9H2,1H3,(H,19,23). The number of non-ortho nitro benzene ring substituents is 1. The Morgan fingerprint density at radius 1 is 1.26 bits per heavy atom. The van der Waals surface area contributed by atoms with Crippen LogP contribution in [0.4, 0.5) is 11.4 Å². The Morgan fingerprint density at radius 2 is 2.00 bits per heavy atom. The summed E-state index contributed by atoms with van der Waals surface area (Å²) in [5.74, 6) is 0.0996. The van der Waals surface area contributed by atoms with Gasteiger partial charge in [0.2, 0.25) is 11.8 Å². The van der Waals surface area contributed by atoms with Gasteiger partial charge in [0.25, 0.3) is 10.9 Å². The lowest BCUT2D eigenvalue weighted by Gasteiger charge is -2.07. The number of nitrogens with zero attached hydrogens (tertiary/aromatic N) is 3. The van der Waals surface area contributed by atoms with E-state index in [1.807, 2.05) is 0 Å². The van der Waals surface area contributed by atoms with E-state index < -0.39 is 4.92 Å². The average molecular weight is 405 g/mol. The molecule has 0 spiro atoms.